The van der Waals surface area contributed by atoms with Crippen LogP contribution in [0.1, 0.15) is 72.5 Å². The van der Waals surface area contributed by atoms with Gasteiger partial charge in [0.15, 0.2) is 0 Å². The molecule has 0 spiro atoms. The fraction of sp³-hybridized carbons (Fsp3) is 0.423. The largest absolute Gasteiger partial charge is 0.460 e. The molecule has 33 heavy (non-hydrogen) atoms. The van der Waals surface area contributed by atoms with Crippen molar-refractivity contribution in [3.8, 4) is 11.4 Å². The van der Waals surface area contributed by atoms with Crippen LogP contribution in [-0.2, 0) is 34.5 Å². The molecule has 3 aliphatic rings. The van der Waals surface area contributed by atoms with E-state index >= 15 is 0 Å². The van der Waals surface area contributed by atoms with Crippen LogP contribution in [0.3, 0.4) is 0 Å². The minimum Gasteiger partial charge on any atom is -0.460 e. The van der Waals surface area contributed by atoms with Crippen molar-refractivity contribution in [2.24, 2.45) is 5.73 Å². The third-order valence-corrected chi connectivity index (χ3v) is 8.24. The molecule has 170 valence electrons. The van der Waals surface area contributed by atoms with Gasteiger partial charge in [-0.2, -0.15) is 0 Å². The molecule has 6 nitrogen and oxygen atoms in total. The number of esters is 1. The molecule has 2 aromatic heterocycles. The number of rotatable bonds is 2. The number of aryl methyl sites for hydroxylation is 1. The fourth-order valence-electron chi connectivity index (χ4n) is 6.25. The molecule has 2 N–H and O–H groups in total. The molecule has 1 aliphatic carbocycles. The number of hydrogen-bond donors (Lipinski definition) is 1. The van der Waals surface area contributed by atoms with E-state index in [9.17, 15) is 14.0 Å². The predicted octanol–water partition coefficient (Wildman–Crippen LogP) is 3.93. The number of aromatic nitrogens is 2. The highest BCUT2D eigenvalue weighted by molar-refractivity contribution is 5.93. The summed E-state index contributed by atoms with van der Waals surface area (Å²) in [6.45, 7) is 6.05. The van der Waals surface area contributed by atoms with Gasteiger partial charge in [0, 0.05) is 23.1 Å². The Balaban J connectivity index is 1.70. The van der Waals surface area contributed by atoms with Crippen molar-refractivity contribution in [2.75, 3.05) is 0 Å². The summed E-state index contributed by atoms with van der Waals surface area (Å²) >= 11 is 0. The van der Waals surface area contributed by atoms with Crippen LogP contribution in [0.15, 0.2) is 16.9 Å². The summed E-state index contributed by atoms with van der Waals surface area (Å²) in [4.78, 5) is 31.3. The second-order valence-electron chi connectivity index (χ2n) is 9.53. The Morgan fingerprint density at radius 2 is 1.97 bits per heavy atom. The van der Waals surface area contributed by atoms with Gasteiger partial charge in [0.1, 0.15) is 12.4 Å². The number of hydrogen-bond acceptors (Lipinski definition) is 5. The van der Waals surface area contributed by atoms with Crippen LogP contribution in [0.25, 0.3) is 22.3 Å². The van der Waals surface area contributed by atoms with E-state index in [0.717, 1.165) is 34.1 Å². The van der Waals surface area contributed by atoms with E-state index in [-0.39, 0.29) is 30.0 Å². The Kier molecular flexibility index (Phi) is 4.19. The molecule has 3 aromatic rings. The van der Waals surface area contributed by atoms with Crippen LogP contribution in [0.4, 0.5) is 4.39 Å². The molecule has 0 saturated carbocycles. The minimum atomic E-state index is -0.844. The molecule has 0 amide bonds. The highest BCUT2D eigenvalue weighted by Gasteiger charge is 2.45. The van der Waals surface area contributed by atoms with Crippen molar-refractivity contribution in [1.29, 1.82) is 0 Å². The highest BCUT2D eigenvalue weighted by atomic mass is 19.1. The summed E-state index contributed by atoms with van der Waals surface area (Å²) in [5.74, 6) is -0.556. The molecule has 7 heteroatoms. The van der Waals surface area contributed by atoms with Crippen LogP contribution in [0.2, 0.25) is 0 Å². The number of fused-ring (bicyclic) bond motifs is 5. The second-order valence-corrected chi connectivity index (χ2v) is 9.53. The van der Waals surface area contributed by atoms with Crippen LogP contribution < -0.4 is 11.3 Å². The zero-order valence-electron chi connectivity index (χ0n) is 19.0. The average molecular weight is 448 g/mol. The first-order valence-electron chi connectivity index (χ1n) is 11.7. The van der Waals surface area contributed by atoms with Crippen molar-refractivity contribution < 1.29 is 13.9 Å². The van der Waals surface area contributed by atoms with E-state index < -0.39 is 5.41 Å². The number of nitrogens with two attached hydrogens (primary N) is 1. The van der Waals surface area contributed by atoms with Gasteiger partial charge < -0.3 is 15.0 Å². The van der Waals surface area contributed by atoms with Gasteiger partial charge in [0.2, 0.25) is 0 Å². The average Bonchev–Trinajstić information content (AvgIpc) is 3.17. The van der Waals surface area contributed by atoms with Gasteiger partial charge in [0.05, 0.1) is 34.4 Å². The lowest BCUT2D eigenvalue weighted by molar-refractivity contribution is -0.154. The van der Waals surface area contributed by atoms with Gasteiger partial charge in [-0.05, 0) is 60.9 Å². The van der Waals surface area contributed by atoms with E-state index in [2.05, 4.69) is 0 Å². The summed E-state index contributed by atoms with van der Waals surface area (Å²) < 4.78 is 21.9. The lowest BCUT2D eigenvalue weighted by Crippen LogP contribution is -2.44. The molecule has 0 saturated heterocycles. The maximum atomic E-state index is 14.7. The SMILES string of the molecule is CCC1(CC)C(=O)OCc2c1cc1n(c2=O)Cc2c-1nc1cc(F)c(C)c3c1c2[C@@H](N)CC3. The molecule has 4 heterocycles. The van der Waals surface area contributed by atoms with E-state index in [0.29, 0.717) is 53.8 Å². The second kappa shape index (κ2) is 6.73. The van der Waals surface area contributed by atoms with Crippen LogP contribution in [0, 0.1) is 12.7 Å². The summed E-state index contributed by atoms with van der Waals surface area (Å²) in [5, 5.41) is 0.937. The topological polar surface area (TPSA) is 87.2 Å². The number of halogens is 1. The number of carbonyl (C=O) groups excluding carboxylic acids is 1. The third kappa shape index (κ3) is 2.43. The molecule has 6 rings (SSSR count). The van der Waals surface area contributed by atoms with Gasteiger partial charge in [-0.15, -0.1) is 0 Å². The fourth-order valence-corrected chi connectivity index (χ4v) is 6.25. The maximum Gasteiger partial charge on any atom is 0.316 e. The molecule has 1 atom stereocenters. The number of benzene rings is 1. The normalized spacial score (nSPS) is 19.8. The number of ether oxygens (including phenoxy) is 1. The van der Waals surface area contributed by atoms with E-state index in [1.54, 1.807) is 11.5 Å². The first-order valence-corrected chi connectivity index (χ1v) is 11.7. The molecule has 0 fully saturated rings. The number of carbonyl (C=O) groups is 1. The van der Waals surface area contributed by atoms with Crippen molar-refractivity contribution >= 4 is 16.9 Å². The number of nitrogens with zero attached hydrogens (tertiary/aromatic N) is 2. The predicted molar refractivity (Wildman–Crippen MR) is 123 cm³/mol. The van der Waals surface area contributed by atoms with Gasteiger partial charge in [-0.1, -0.05) is 13.8 Å². The molecule has 0 unspecified atom stereocenters. The van der Waals surface area contributed by atoms with Gasteiger partial charge in [-0.3, -0.25) is 9.59 Å². The van der Waals surface area contributed by atoms with Crippen LogP contribution in [0.5, 0.6) is 0 Å². The Labute approximate surface area is 190 Å². The summed E-state index contributed by atoms with van der Waals surface area (Å²) in [5.41, 5.74) is 12.3. The third-order valence-electron chi connectivity index (χ3n) is 8.24. The van der Waals surface area contributed by atoms with E-state index in [1.165, 1.54) is 6.07 Å². The lowest BCUT2D eigenvalue weighted by Gasteiger charge is -2.35. The first-order chi connectivity index (χ1) is 15.8. The molecule has 2 aliphatic heterocycles. The lowest BCUT2D eigenvalue weighted by atomic mass is 9.73. The molecule has 1 aromatic carbocycles. The standard InChI is InChI=1S/C26H26FN3O3/c1-4-26(5-2)16-8-20-23-14(10-30(20)24(31)15(16)11-33-25(26)32)21-18(28)7-6-13-12(3)17(27)9-19(29-23)22(13)21/h8-9,18H,4-7,10-11,28H2,1-3H3/t18-/m0/s1. The monoisotopic (exact) mass is 447 g/mol. The summed E-state index contributed by atoms with van der Waals surface area (Å²) in [6, 6.07) is 3.23. The minimum absolute atomic E-state index is 0.0122. The van der Waals surface area contributed by atoms with Gasteiger partial charge >= 0.3 is 5.97 Å². The van der Waals surface area contributed by atoms with Crippen molar-refractivity contribution in [3.05, 3.63) is 61.7 Å². The summed E-state index contributed by atoms with van der Waals surface area (Å²) in [7, 11) is 0. The van der Waals surface area contributed by atoms with Crippen molar-refractivity contribution in [2.45, 2.75) is 71.1 Å². The first kappa shape index (κ1) is 20.5. The van der Waals surface area contributed by atoms with Crippen LogP contribution in [-0.4, -0.2) is 15.5 Å². The maximum absolute atomic E-state index is 14.7. The highest BCUT2D eigenvalue weighted by Crippen LogP contribution is 2.46. The van der Waals surface area contributed by atoms with Crippen molar-refractivity contribution in [3.63, 3.8) is 0 Å². The Bertz CT molecular complexity index is 1450. The Morgan fingerprint density at radius 3 is 2.70 bits per heavy atom. The number of pyridine rings is 2. The Hall–Kier alpha value is -3.06. The van der Waals surface area contributed by atoms with Crippen LogP contribution >= 0.6 is 0 Å². The van der Waals surface area contributed by atoms with E-state index in [1.807, 2.05) is 19.9 Å². The van der Waals surface area contributed by atoms with Crippen molar-refractivity contribution in [1.82, 2.24) is 9.55 Å². The zero-order valence-corrected chi connectivity index (χ0v) is 19.0. The van der Waals surface area contributed by atoms with Gasteiger partial charge in [0.25, 0.3) is 5.56 Å². The number of cyclic esters (lactones) is 1. The molecule has 0 radical (unpaired) electrons. The molecular formula is C26H26FN3O3. The zero-order chi connectivity index (χ0) is 23.2. The summed E-state index contributed by atoms with van der Waals surface area (Å²) in [6.07, 6.45) is 2.52. The molecule has 0 bridgehead atoms. The quantitative estimate of drug-likeness (QED) is 0.471. The van der Waals surface area contributed by atoms with E-state index in [4.69, 9.17) is 15.5 Å². The smallest absolute Gasteiger partial charge is 0.316 e. The Morgan fingerprint density at radius 1 is 1.21 bits per heavy atom. The molecular weight excluding hydrogens is 421 g/mol. The van der Waals surface area contributed by atoms with Gasteiger partial charge in [-0.25, -0.2) is 9.37 Å².